The Morgan fingerprint density at radius 2 is 0.744 bits per heavy atom. The number of nitrogens with two attached hydrogens (primary N) is 7. The Hall–Kier alpha value is -7.20. The van der Waals surface area contributed by atoms with E-state index in [0.717, 1.165) is 24.8 Å². The van der Waals surface area contributed by atoms with Crippen molar-refractivity contribution in [2.45, 2.75) is 0 Å². The molecule has 0 spiro atoms. The summed E-state index contributed by atoms with van der Waals surface area (Å²) in [6.07, 6.45) is 9.51. The molecule has 0 amide bonds. The number of hydrogen-bond acceptors (Lipinski definition) is 19. The maximum atomic E-state index is 10.3. The summed E-state index contributed by atoms with van der Waals surface area (Å²) in [6, 6.07) is 1.39. The largest absolute Gasteiger partial charge is 0.396 e. The van der Waals surface area contributed by atoms with Crippen molar-refractivity contribution in [3.63, 3.8) is 0 Å². The van der Waals surface area contributed by atoms with Gasteiger partial charge in [0.2, 0.25) is 0 Å². The topological polar surface area (TPSA) is 406 Å². The van der Waals surface area contributed by atoms with Gasteiger partial charge >= 0.3 is 22.7 Å². The van der Waals surface area contributed by atoms with Crippen molar-refractivity contribution in [3.8, 4) is 0 Å². The van der Waals surface area contributed by atoms with E-state index >= 15 is 0 Å². The number of nitro groups is 4. The van der Waals surface area contributed by atoms with Gasteiger partial charge in [0, 0.05) is 6.20 Å². The van der Waals surface area contributed by atoms with Crippen LogP contribution in [0.4, 0.5) is 62.6 Å². The standard InChI is InChI=1S/C5H4N4O4.C5H6N4O2.C5H8N4.C5H5N3O2/c6-5-3(8(10)11)1-7-2-4(5)9(12)13;6-3-1-8-2-4(5(3)7)9(10)11;6-3-1-9-2-4(7)5(3)8;6-4-1-2-7-3-5(4)8(9)10/h1-2H,(H2,6,7);1-2H,6H2,(H2,7,8);1-2H,6-7H2,(H2,8,9);1-3H,(H2,6,7). The lowest BCUT2D eigenvalue weighted by Crippen LogP contribution is -2.01. The van der Waals surface area contributed by atoms with Gasteiger partial charge in [-0.15, -0.1) is 0 Å². The summed E-state index contributed by atoms with van der Waals surface area (Å²) in [7, 11) is 0. The van der Waals surface area contributed by atoms with Crippen LogP contribution in [0, 0.1) is 40.5 Å². The van der Waals surface area contributed by atoms with Crippen molar-refractivity contribution in [2.24, 2.45) is 0 Å². The third-order valence-corrected chi connectivity index (χ3v) is 4.61. The van der Waals surface area contributed by atoms with Gasteiger partial charge in [-0.25, -0.2) is 0 Å². The SMILES string of the molecule is Nc1c([N+](=O)[O-])cncc1[N+](=O)[O-].Nc1ccncc1[N+](=O)[O-].Nc1cncc(N)c1N.Nc1cncc([N+](=O)[O-])c1N. The zero-order valence-electron chi connectivity index (χ0n) is 21.6. The van der Waals surface area contributed by atoms with E-state index in [4.69, 9.17) is 40.1 Å². The zero-order valence-corrected chi connectivity index (χ0v) is 21.6. The number of rotatable bonds is 4. The minimum atomic E-state index is -0.824. The van der Waals surface area contributed by atoms with E-state index in [1.54, 1.807) is 0 Å². The van der Waals surface area contributed by atoms with Gasteiger partial charge < -0.3 is 40.1 Å². The Balaban J connectivity index is 0.000000289. The molecule has 0 aromatic carbocycles. The van der Waals surface area contributed by atoms with Gasteiger partial charge in [0.25, 0.3) is 0 Å². The van der Waals surface area contributed by atoms with Gasteiger partial charge in [0.05, 0.1) is 61.0 Å². The van der Waals surface area contributed by atoms with Crippen LogP contribution in [-0.2, 0) is 0 Å². The molecule has 0 unspecified atom stereocenters. The fourth-order valence-corrected chi connectivity index (χ4v) is 2.41. The second-order valence-corrected chi connectivity index (χ2v) is 7.45. The second-order valence-electron chi connectivity index (χ2n) is 7.45. The maximum Gasteiger partial charge on any atom is 0.317 e. The van der Waals surface area contributed by atoms with Gasteiger partial charge in [-0.2, -0.15) is 0 Å². The van der Waals surface area contributed by atoms with Crippen LogP contribution in [0.5, 0.6) is 0 Å². The molecular weight excluding hydrogens is 578 g/mol. The predicted octanol–water partition coefficient (Wildman–Crippen LogP) is 1.03. The molecule has 43 heavy (non-hydrogen) atoms. The van der Waals surface area contributed by atoms with Gasteiger partial charge in [0.1, 0.15) is 36.2 Å². The molecule has 0 aliphatic rings. The molecule has 23 nitrogen and oxygen atoms in total. The Labute approximate surface area is 238 Å². The molecule has 4 aromatic rings. The Kier molecular flexibility index (Phi) is 12.1. The van der Waals surface area contributed by atoms with Crippen LogP contribution < -0.4 is 40.1 Å². The molecule has 0 bridgehead atoms. The average Bonchev–Trinajstić information content (AvgIpc) is 2.94. The normalized spacial score (nSPS) is 9.40. The van der Waals surface area contributed by atoms with Gasteiger partial charge in [0.15, 0.2) is 5.69 Å². The fourth-order valence-electron chi connectivity index (χ4n) is 2.41. The van der Waals surface area contributed by atoms with Crippen LogP contribution in [0.1, 0.15) is 0 Å². The van der Waals surface area contributed by atoms with Gasteiger partial charge in [-0.1, -0.05) is 0 Å². The minimum Gasteiger partial charge on any atom is -0.396 e. The van der Waals surface area contributed by atoms with Gasteiger partial charge in [-0.05, 0) is 6.07 Å². The molecular formula is C20H23N15O8. The lowest BCUT2D eigenvalue weighted by atomic mass is 10.3. The highest BCUT2D eigenvalue weighted by molar-refractivity contribution is 5.75. The number of hydrogen-bond donors (Lipinski definition) is 7. The summed E-state index contributed by atoms with van der Waals surface area (Å²) in [5, 5.41) is 40.8. The first-order valence-corrected chi connectivity index (χ1v) is 10.8. The van der Waals surface area contributed by atoms with E-state index in [0.29, 0.717) is 17.1 Å². The molecule has 4 aromatic heterocycles. The van der Waals surface area contributed by atoms with Crippen molar-refractivity contribution in [1.29, 1.82) is 0 Å². The Morgan fingerprint density at radius 1 is 0.419 bits per heavy atom. The first-order chi connectivity index (χ1) is 20.1. The fraction of sp³-hybridized carbons (Fsp3) is 0. The number of aromatic nitrogens is 4. The summed E-state index contributed by atoms with van der Waals surface area (Å²) in [6.45, 7) is 0. The monoisotopic (exact) mass is 601 g/mol. The van der Waals surface area contributed by atoms with E-state index in [9.17, 15) is 40.5 Å². The molecule has 0 aliphatic heterocycles. The number of pyridine rings is 4. The van der Waals surface area contributed by atoms with Crippen molar-refractivity contribution >= 4 is 62.6 Å². The maximum absolute atomic E-state index is 10.3. The van der Waals surface area contributed by atoms with Crippen molar-refractivity contribution < 1.29 is 19.7 Å². The van der Waals surface area contributed by atoms with Crippen LogP contribution in [0.15, 0.2) is 55.6 Å². The van der Waals surface area contributed by atoms with Crippen LogP contribution in [0.25, 0.3) is 0 Å². The first-order valence-electron chi connectivity index (χ1n) is 10.8. The first kappa shape index (κ1) is 33.8. The summed E-state index contributed by atoms with van der Waals surface area (Å²) >= 11 is 0. The lowest BCUT2D eigenvalue weighted by molar-refractivity contribution is -0.392. The highest BCUT2D eigenvalue weighted by atomic mass is 16.6. The van der Waals surface area contributed by atoms with Gasteiger partial charge in [-0.3, -0.25) is 60.4 Å². The average molecular weight is 602 g/mol. The molecule has 14 N–H and O–H groups in total. The van der Waals surface area contributed by atoms with Crippen molar-refractivity contribution in [1.82, 2.24) is 19.9 Å². The molecule has 4 heterocycles. The summed E-state index contributed by atoms with van der Waals surface area (Å²) < 4.78 is 0. The minimum absolute atomic E-state index is 0.0370. The van der Waals surface area contributed by atoms with E-state index in [1.807, 2.05) is 0 Å². The molecule has 0 fully saturated rings. The number of nitrogen functional groups attached to an aromatic ring is 7. The van der Waals surface area contributed by atoms with Crippen LogP contribution in [-0.4, -0.2) is 39.6 Å². The molecule has 226 valence electrons. The summed E-state index contributed by atoms with van der Waals surface area (Å²) in [5.74, 6) is 0. The molecule has 0 aliphatic carbocycles. The molecule has 23 heteroatoms. The quantitative estimate of drug-likeness (QED) is 0.127. The van der Waals surface area contributed by atoms with Crippen LogP contribution >= 0.6 is 0 Å². The number of nitrogens with zero attached hydrogens (tertiary/aromatic N) is 8. The lowest BCUT2D eigenvalue weighted by Gasteiger charge is -1.99. The highest BCUT2D eigenvalue weighted by Crippen LogP contribution is 2.28. The Morgan fingerprint density at radius 3 is 1.07 bits per heavy atom. The zero-order chi connectivity index (χ0) is 32.9. The summed E-state index contributed by atoms with van der Waals surface area (Å²) in [4.78, 5) is 52.1. The number of anilines is 7. The Bertz CT molecular complexity index is 1580. The molecule has 0 radical (unpaired) electrons. The van der Waals surface area contributed by atoms with E-state index in [-0.39, 0.29) is 28.4 Å². The second kappa shape index (κ2) is 15.4. The van der Waals surface area contributed by atoms with Crippen LogP contribution in [0.2, 0.25) is 0 Å². The molecule has 4 rings (SSSR count). The van der Waals surface area contributed by atoms with E-state index in [2.05, 4.69) is 19.9 Å². The van der Waals surface area contributed by atoms with E-state index in [1.165, 1.54) is 30.9 Å². The van der Waals surface area contributed by atoms with Crippen LogP contribution in [0.3, 0.4) is 0 Å². The molecule has 0 atom stereocenters. The van der Waals surface area contributed by atoms with Crippen molar-refractivity contribution in [3.05, 3.63) is 96.1 Å². The molecule has 0 saturated heterocycles. The van der Waals surface area contributed by atoms with E-state index < -0.39 is 36.8 Å². The highest BCUT2D eigenvalue weighted by Gasteiger charge is 2.22. The smallest absolute Gasteiger partial charge is 0.317 e. The van der Waals surface area contributed by atoms with Crippen molar-refractivity contribution in [2.75, 3.05) is 40.1 Å². The molecule has 0 saturated carbocycles. The summed E-state index contributed by atoms with van der Waals surface area (Å²) in [5.41, 5.74) is 36.5. The third-order valence-electron chi connectivity index (χ3n) is 4.61. The third kappa shape index (κ3) is 9.80. The predicted molar refractivity (Wildman–Crippen MR) is 154 cm³/mol.